The van der Waals surface area contributed by atoms with Gasteiger partial charge in [-0.05, 0) is 62.1 Å². The molecule has 5 rings (SSSR count). The van der Waals surface area contributed by atoms with Crippen molar-refractivity contribution in [1.82, 2.24) is 19.9 Å². The summed E-state index contributed by atoms with van der Waals surface area (Å²) in [5.41, 5.74) is 2.03. The average Bonchev–Trinajstić information content (AvgIpc) is 3.34. The predicted octanol–water partition coefficient (Wildman–Crippen LogP) is 4.40. The third kappa shape index (κ3) is 3.76. The molecule has 1 spiro atoms. The summed E-state index contributed by atoms with van der Waals surface area (Å²) in [7, 11) is 0. The van der Waals surface area contributed by atoms with Crippen molar-refractivity contribution in [3.63, 3.8) is 0 Å². The molecule has 0 radical (unpaired) electrons. The third-order valence-electron chi connectivity index (χ3n) is 6.67. The van der Waals surface area contributed by atoms with E-state index >= 15 is 0 Å². The van der Waals surface area contributed by atoms with Crippen molar-refractivity contribution in [2.45, 2.75) is 44.9 Å². The first-order valence-corrected chi connectivity index (χ1v) is 10.7. The highest BCUT2D eigenvalue weighted by atomic mass is 16.1. The van der Waals surface area contributed by atoms with Gasteiger partial charge in [-0.2, -0.15) is 0 Å². The number of carbonyl (C=O) groups is 1. The third-order valence-corrected chi connectivity index (χ3v) is 6.67. The second-order valence-electron chi connectivity index (χ2n) is 8.70. The lowest BCUT2D eigenvalue weighted by molar-refractivity contribution is 0.0899. The highest BCUT2D eigenvalue weighted by molar-refractivity contribution is 5.97. The van der Waals surface area contributed by atoms with Crippen molar-refractivity contribution in [3.8, 4) is 0 Å². The summed E-state index contributed by atoms with van der Waals surface area (Å²) in [4.78, 5) is 31.8. The lowest BCUT2D eigenvalue weighted by Crippen LogP contribution is -2.34. The lowest BCUT2D eigenvalue weighted by atomic mass is 9.86. The molecule has 1 saturated heterocycles. The summed E-state index contributed by atoms with van der Waals surface area (Å²) < 4.78 is 0. The van der Waals surface area contributed by atoms with Crippen LogP contribution in [-0.4, -0.2) is 38.8 Å². The van der Waals surface area contributed by atoms with Crippen LogP contribution in [0.25, 0.3) is 11.0 Å². The molecule has 3 aromatic rings. The van der Waals surface area contributed by atoms with E-state index in [1.807, 2.05) is 18.3 Å². The van der Waals surface area contributed by atoms with Crippen LogP contribution in [0.5, 0.6) is 0 Å². The molecule has 1 saturated carbocycles. The molecule has 1 atom stereocenters. The van der Waals surface area contributed by atoms with E-state index in [0.717, 1.165) is 61.2 Å². The van der Waals surface area contributed by atoms with Gasteiger partial charge >= 0.3 is 0 Å². The number of anilines is 1. The van der Waals surface area contributed by atoms with Crippen LogP contribution in [0.4, 0.5) is 5.82 Å². The maximum absolute atomic E-state index is 13.1. The summed E-state index contributed by atoms with van der Waals surface area (Å²) in [6, 6.07) is 5.82. The van der Waals surface area contributed by atoms with Crippen molar-refractivity contribution in [2.24, 2.45) is 11.3 Å². The number of hydrogen-bond donors (Lipinski definition) is 1. The molecule has 0 aromatic carbocycles. The smallest absolute Gasteiger partial charge is 0.167 e. The van der Waals surface area contributed by atoms with E-state index in [2.05, 4.69) is 30.9 Å². The van der Waals surface area contributed by atoms with Crippen molar-refractivity contribution in [1.29, 1.82) is 0 Å². The molecule has 1 N–H and O–H groups in total. The second kappa shape index (κ2) is 7.58. The van der Waals surface area contributed by atoms with Crippen LogP contribution in [0.3, 0.4) is 0 Å². The zero-order chi connectivity index (χ0) is 19.7. The zero-order valence-electron chi connectivity index (χ0n) is 16.7. The van der Waals surface area contributed by atoms with Gasteiger partial charge in [0.05, 0.1) is 5.39 Å². The van der Waals surface area contributed by atoms with E-state index < -0.39 is 0 Å². The molecule has 6 heteroatoms. The fraction of sp³-hybridized carbons (Fsp3) is 0.478. The number of H-pyrrole nitrogens is 1. The van der Waals surface area contributed by atoms with Crippen LogP contribution >= 0.6 is 0 Å². The van der Waals surface area contributed by atoms with Gasteiger partial charge in [0.2, 0.25) is 0 Å². The molecule has 0 bridgehead atoms. The maximum Gasteiger partial charge on any atom is 0.167 e. The SMILES string of the molecule is O=C(c1cccnc1)C1CCCN(c2ncnc3[nH]ccc23)CC2(CCC1)CC2. The molecule has 1 aliphatic heterocycles. The fourth-order valence-corrected chi connectivity index (χ4v) is 4.84. The van der Waals surface area contributed by atoms with E-state index in [-0.39, 0.29) is 11.7 Å². The number of hydrogen-bond acceptors (Lipinski definition) is 5. The van der Waals surface area contributed by atoms with Crippen LogP contribution < -0.4 is 4.90 Å². The minimum Gasteiger partial charge on any atom is -0.355 e. The highest BCUT2D eigenvalue weighted by Gasteiger charge is 2.44. The Kier molecular flexibility index (Phi) is 4.78. The number of nitrogens with zero attached hydrogens (tertiary/aromatic N) is 4. The Balaban J connectivity index is 1.38. The van der Waals surface area contributed by atoms with Crippen LogP contribution in [0.15, 0.2) is 43.1 Å². The summed E-state index contributed by atoms with van der Waals surface area (Å²) >= 11 is 0. The maximum atomic E-state index is 13.1. The minimum absolute atomic E-state index is 0.0904. The quantitative estimate of drug-likeness (QED) is 0.672. The molecular weight excluding hydrogens is 362 g/mol. The molecule has 29 heavy (non-hydrogen) atoms. The highest BCUT2D eigenvalue weighted by Crippen LogP contribution is 2.51. The van der Waals surface area contributed by atoms with Crippen molar-refractivity contribution >= 4 is 22.6 Å². The predicted molar refractivity (Wildman–Crippen MR) is 113 cm³/mol. The largest absolute Gasteiger partial charge is 0.355 e. The van der Waals surface area contributed by atoms with Gasteiger partial charge in [0.1, 0.15) is 17.8 Å². The van der Waals surface area contributed by atoms with E-state index in [0.29, 0.717) is 5.41 Å². The molecule has 4 heterocycles. The van der Waals surface area contributed by atoms with Crippen LogP contribution in [0.1, 0.15) is 55.3 Å². The molecule has 0 amide bonds. The first kappa shape index (κ1) is 18.3. The van der Waals surface area contributed by atoms with Crippen molar-refractivity contribution in [3.05, 3.63) is 48.7 Å². The van der Waals surface area contributed by atoms with Gasteiger partial charge in [-0.25, -0.2) is 9.97 Å². The first-order chi connectivity index (χ1) is 14.2. The van der Waals surface area contributed by atoms with E-state index in [1.54, 1.807) is 18.7 Å². The topological polar surface area (TPSA) is 74.8 Å². The lowest BCUT2D eigenvalue weighted by Gasteiger charge is -2.31. The fourth-order valence-electron chi connectivity index (χ4n) is 4.84. The van der Waals surface area contributed by atoms with Gasteiger partial charge in [0.25, 0.3) is 0 Å². The number of aromatic amines is 1. The molecule has 3 aromatic heterocycles. The Hall–Kier alpha value is -2.76. The number of pyridine rings is 1. The summed E-state index contributed by atoms with van der Waals surface area (Å²) in [5, 5.41) is 1.09. The standard InChI is InChI=1S/C23H27N5O/c29-20(18-5-2-11-24-14-18)17-4-1-8-23(9-10-23)15-28(13-3-6-17)22-19-7-12-25-21(19)26-16-27-22/h2,5,7,11-12,14,16-17H,1,3-4,6,8-10,13,15H2,(H,25,26,27). The second-order valence-corrected chi connectivity index (χ2v) is 8.70. The molecule has 1 aliphatic carbocycles. The van der Waals surface area contributed by atoms with E-state index in [9.17, 15) is 4.79 Å². The molecule has 2 aliphatic rings. The summed E-state index contributed by atoms with van der Waals surface area (Å²) in [6.45, 7) is 1.99. The van der Waals surface area contributed by atoms with Gasteiger partial charge in [0.15, 0.2) is 5.78 Å². The number of carbonyl (C=O) groups excluding carboxylic acids is 1. The Morgan fingerprint density at radius 2 is 2.03 bits per heavy atom. The molecule has 150 valence electrons. The van der Waals surface area contributed by atoms with Crippen molar-refractivity contribution < 1.29 is 4.79 Å². The average molecular weight is 390 g/mol. The Morgan fingerprint density at radius 3 is 2.86 bits per heavy atom. The van der Waals surface area contributed by atoms with Gasteiger partial charge in [-0.15, -0.1) is 0 Å². The first-order valence-electron chi connectivity index (χ1n) is 10.7. The minimum atomic E-state index is 0.0904. The van der Waals surface area contributed by atoms with E-state index in [4.69, 9.17) is 0 Å². The van der Waals surface area contributed by atoms with Gasteiger partial charge in [-0.1, -0.05) is 6.42 Å². The Morgan fingerprint density at radius 1 is 1.14 bits per heavy atom. The molecule has 6 nitrogen and oxygen atoms in total. The van der Waals surface area contributed by atoms with Crippen LogP contribution in [0.2, 0.25) is 0 Å². The van der Waals surface area contributed by atoms with Crippen LogP contribution in [-0.2, 0) is 0 Å². The summed E-state index contributed by atoms with van der Waals surface area (Å²) in [5.74, 6) is 1.37. The summed E-state index contributed by atoms with van der Waals surface area (Å²) in [6.07, 6.45) is 14.8. The van der Waals surface area contributed by atoms with Gasteiger partial charge in [0, 0.05) is 43.2 Å². The molecule has 2 fully saturated rings. The number of rotatable bonds is 3. The number of aromatic nitrogens is 4. The Labute approximate surface area is 170 Å². The number of nitrogens with one attached hydrogen (secondary N) is 1. The van der Waals surface area contributed by atoms with E-state index in [1.165, 1.54) is 19.3 Å². The Bertz CT molecular complexity index is 995. The van der Waals surface area contributed by atoms with Crippen molar-refractivity contribution in [2.75, 3.05) is 18.0 Å². The molecular formula is C23H27N5O. The number of Topliss-reactive ketones (excluding diaryl/α,β-unsaturated/α-hetero) is 1. The zero-order valence-corrected chi connectivity index (χ0v) is 16.7. The van der Waals surface area contributed by atoms with Crippen LogP contribution in [0, 0.1) is 11.3 Å². The number of fused-ring (bicyclic) bond motifs is 1. The van der Waals surface area contributed by atoms with Gasteiger partial charge < -0.3 is 9.88 Å². The molecule has 1 unspecified atom stereocenters. The monoisotopic (exact) mass is 389 g/mol. The number of ketones is 1. The normalized spacial score (nSPS) is 21.9. The van der Waals surface area contributed by atoms with Gasteiger partial charge in [-0.3, -0.25) is 9.78 Å².